The van der Waals surface area contributed by atoms with Crippen molar-refractivity contribution in [2.24, 2.45) is 0 Å². The molecule has 23 heavy (non-hydrogen) atoms. The van der Waals surface area contributed by atoms with Crippen molar-refractivity contribution in [3.63, 3.8) is 0 Å². The van der Waals surface area contributed by atoms with Gasteiger partial charge >= 0.3 is 0 Å². The summed E-state index contributed by atoms with van der Waals surface area (Å²) in [6.45, 7) is 2.61. The first-order chi connectivity index (χ1) is 11.3. The maximum Gasteiger partial charge on any atom is 0.120 e. The van der Waals surface area contributed by atoms with E-state index in [0.717, 1.165) is 23.3 Å². The first-order valence-electron chi connectivity index (χ1n) is 7.99. The number of nitrogens with one attached hydrogen (secondary N) is 1. The Morgan fingerprint density at radius 3 is 2.65 bits per heavy atom. The minimum absolute atomic E-state index is 0.0944. The molecule has 0 bridgehead atoms. The summed E-state index contributed by atoms with van der Waals surface area (Å²) in [7, 11) is 0. The van der Waals surface area contributed by atoms with E-state index in [2.05, 4.69) is 23.5 Å². The summed E-state index contributed by atoms with van der Waals surface area (Å²) in [5.74, 6) is 0.855. The largest absolute Gasteiger partial charge is 0.489 e. The van der Waals surface area contributed by atoms with Gasteiger partial charge in [-0.15, -0.1) is 0 Å². The third-order valence-electron chi connectivity index (χ3n) is 4.22. The summed E-state index contributed by atoms with van der Waals surface area (Å²) in [6, 6.07) is 18.2. The molecular formula is C19H23NO3. The summed E-state index contributed by atoms with van der Waals surface area (Å²) in [4.78, 5) is 0. The third-order valence-corrected chi connectivity index (χ3v) is 4.22. The molecule has 1 fully saturated rings. The van der Waals surface area contributed by atoms with Gasteiger partial charge < -0.3 is 19.9 Å². The van der Waals surface area contributed by atoms with Gasteiger partial charge in [0.2, 0.25) is 0 Å². The molecule has 2 aromatic rings. The van der Waals surface area contributed by atoms with E-state index in [9.17, 15) is 5.11 Å². The number of hydrogen-bond acceptors (Lipinski definition) is 4. The van der Waals surface area contributed by atoms with Gasteiger partial charge in [-0.05, 0) is 29.7 Å². The Labute approximate surface area is 137 Å². The molecule has 1 saturated heterocycles. The number of benzene rings is 2. The number of ether oxygens (including phenoxy) is 2. The van der Waals surface area contributed by atoms with Crippen LogP contribution in [-0.4, -0.2) is 30.5 Å². The number of aliphatic hydroxyl groups is 1. The molecule has 2 aromatic carbocycles. The SMILES string of the molecule is OCC1(NCc2cccc(OCc3ccccc3)c2)CCOC1. The first-order valence-corrected chi connectivity index (χ1v) is 7.99. The minimum Gasteiger partial charge on any atom is -0.489 e. The molecule has 0 radical (unpaired) electrons. The Kier molecular flexibility index (Phi) is 5.28. The van der Waals surface area contributed by atoms with Gasteiger partial charge in [-0.25, -0.2) is 0 Å². The molecule has 0 spiro atoms. The average molecular weight is 313 g/mol. The highest BCUT2D eigenvalue weighted by atomic mass is 16.5. The molecule has 1 aliphatic heterocycles. The van der Waals surface area contributed by atoms with Crippen molar-refractivity contribution in [3.05, 3.63) is 65.7 Å². The Hall–Kier alpha value is -1.88. The zero-order valence-corrected chi connectivity index (χ0v) is 13.2. The second-order valence-corrected chi connectivity index (χ2v) is 6.02. The van der Waals surface area contributed by atoms with Gasteiger partial charge in [0.05, 0.1) is 18.8 Å². The lowest BCUT2D eigenvalue weighted by Crippen LogP contribution is -2.48. The van der Waals surface area contributed by atoms with Crippen LogP contribution in [0.15, 0.2) is 54.6 Å². The van der Waals surface area contributed by atoms with Crippen LogP contribution in [0.5, 0.6) is 5.75 Å². The van der Waals surface area contributed by atoms with Crippen molar-refractivity contribution in [2.45, 2.75) is 25.1 Å². The molecule has 1 atom stereocenters. The van der Waals surface area contributed by atoms with E-state index in [4.69, 9.17) is 9.47 Å². The molecule has 2 N–H and O–H groups in total. The lowest BCUT2D eigenvalue weighted by molar-refractivity contribution is 0.120. The van der Waals surface area contributed by atoms with Gasteiger partial charge in [0, 0.05) is 13.2 Å². The molecule has 1 heterocycles. The van der Waals surface area contributed by atoms with Crippen LogP contribution in [0, 0.1) is 0 Å². The van der Waals surface area contributed by atoms with E-state index >= 15 is 0 Å². The third kappa shape index (κ3) is 4.32. The Morgan fingerprint density at radius 2 is 1.91 bits per heavy atom. The van der Waals surface area contributed by atoms with Gasteiger partial charge in [-0.3, -0.25) is 0 Å². The number of aliphatic hydroxyl groups excluding tert-OH is 1. The average Bonchev–Trinajstić information content (AvgIpc) is 3.09. The summed E-state index contributed by atoms with van der Waals surface area (Å²) >= 11 is 0. The van der Waals surface area contributed by atoms with Crippen LogP contribution in [-0.2, 0) is 17.9 Å². The standard InChI is InChI=1S/C19H23NO3/c21-14-19(9-10-22-15-19)20-12-17-7-4-8-18(11-17)23-13-16-5-2-1-3-6-16/h1-8,11,20-21H,9-10,12-15H2. The molecule has 4 heteroatoms. The van der Waals surface area contributed by atoms with Crippen LogP contribution in [0.25, 0.3) is 0 Å². The molecule has 0 aliphatic carbocycles. The quantitative estimate of drug-likeness (QED) is 0.825. The fourth-order valence-electron chi connectivity index (χ4n) is 2.70. The second kappa shape index (κ2) is 7.59. The van der Waals surface area contributed by atoms with E-state index < -0.39 is 0 Å². The highest BCUT2D eigenvalue weighted by molar-refractivity contribution is 5.29. The predicted octanol–water partition coefficient (Wildman–Crippen LogP) is 2.51. The lowest BCUT2D eigenvalue weighted by atomic mass is 9.99. The maximum atomic E-state index is 9.59. The lowest BCUT2D eigenvalue weighted by Gasteiger charge is -2.26. The molecule has 0 amide bonds. The summed E-state index contributed by atoms with van der Waals surface area (Å²) in [5.41, 5.74) is 1.98. The zero-order valence-electron chi connectivity index (χ0n) is 13.2. The monoisotopic (exact) mass is 313 g/mol. The molecule has 0 saturated carbocycles. The van der Waals surface area contributed by atoms with Gasteiger partial charge in [0.15, 0.2) is 0 Å². The van der Waals surface area contributed by atoms with E-state index in [1.165, 1.54) is 0 Å². The van der Waals surface area contributed by atoms with Gasteiger partial charge in [0.25, 0.3) is 0 Å². The number of rotatable bonds is 7. The Morgan fingerprint density at radius 1 is 1.09 bits per heavy atom. The highest BCUT2D eigenvalue weighted by Gasteiger charge is 2.33. The van der Waals surface area contributed by atoms with Crippen molar-refractivity contribution >= 4 is 0 Å². The van der Waals surface area contributed by atoms with Crippen LogP contribution in [0.1, 0.15) is 17.5 Å². The van der Waals surface area contributed by atoms with Crippen LogP contribution in [0.2, 0.25) is 0 Å². The molecule has 1 aliphatic rings. The van der Waals surface area contributed by atoms with Crippen LogP contribution < -0.4 is 10.1 Å². The van der Waals surface area contributed by atoms with Crippen molar-refractivity contribution in [2.75, 3.05) is 19.8 Å². The molecule has 122 valence electrons. The van der Waals surface area contributed by atoms with Crippen LogP contribution >= 0.6 is 0 Å². The zero-order chi connectivity index (χ0) is 16.0. The van der Waals surface area contributed by atoms with Crippen molar-refractivity contribution in [1.29, 1.82) is 0 Å². The highest BCUT2D eigenvalue weighted by Crippen LogP contribution is 2.20. The summed E-state index contributed by atoms with van der Waals surface area (Å²) in [6.07, 6.45) is 0.841. The van der Waals surface area contributed by atoms with Crippen molar-refractivity contribution in [1.82, 2.24) is 5.32 Å². The Bertz CT molecular complexity index is 609. The maximum absolute atomic E-state index is 9.59. The molecule has 0 aromatic heterocycles. The van der Waals surface area contributed by atoms with Crippen LogP contribution in [0.3, 0.4) is 0 Å². The van der Waals surface area contributed by atoms with E-state index in [-0.39, 0.29) is 12.1 Å². The Balaban J connectivity index is 1.57. The van der Waals surface area contributed by atoms with E-state index in [1.807, 2.05) is 36.4 Å². The molecular weight excluding hydrogens is 290 g/mol. The smallest absolute Gasteiger partial charge is 0.120 e. The molecule has 4 nitrogen and oxygen atoms in total. The van der Waals surface area contributed by atoms with E-state index in [0.29, 0.717) is 26.4 Å². The summed E-state index contributed by atoms with van der Waals surface area (Å²) < 4.78 is 11.3. The topological polar surface area (TPSA) is 50.7 Å². The fourth-order valence-corrected chi connectivity index (χ4v) is 2.70. The second-order valence-electron chi connectivity index (χ2n) is 6.02. The normalized spacial score (nSPS) is 20.6. The molecule has 1 unspecified atom stereocenters. The van der Waals surface area contributed by atoms with Gasteiger partial charge in [-0.2, -0.15) is 0 Å². The van der Waals surface area contributed by atoms with Crippen LogP contribution in [0.4, 0.5) is 0 Å². The van der Waals surface area contributed by atoms with E-state index in [1.54, 1.807) is 0 Å². The van der Waals surface area contributed by atoms with Crippen molar-refractivity contribution < 1.29 is 14.6 Å². The van der Waals surface area contributed by atoms with Crippen molar-refractivity contribution in [3.8, 4) is 5.75 Å². The minimum atomic E-state index is -0.305. The fraction of sp³-hybridized carbons (Fsp3) is 0.368. The van der Waals surface area contributed by atoms with Gasteiger partial charge in [0.1, 0.15) is 12.4 Å². The first kappa shape index (κ1) is 16.0. The summed E-state index contributed by atoms with van der Waals surface area (Å²) in [5, 5.41) is 13.0. The molecule has 3 rings (SSSR count). The van der Waals surface area contributed by atoms with Gasteiger partial charge in [-0.1, -0.05) is 42.5 Å². The predicted molar refractivity (Wildman–Crippen MR) is 89.3 cm³/mol. The number of hydrogen-bond donors (Lipinski definition) is 2.